The van der Waals surface area contributed by atoms with Crippen molar-refractivity contribution in [3.05, 3.63) is 0 Å². The van der Waals surface area contributed by atoms with Gasteiger partial charge in [0.15, 0.2) is 0 Å². The molecule has 0 aromatic heterocycles. The van der Waals surface area contributed by atoms with Gasteiger partial charge < -0.3 is 18.9 Å². The van der Waals surface area contributed by atoms with Gasteiger partial charge >= 0.3 is 0 Å². The highest BCUT2D eigenvalue weighted by Crippen LogP contribution is 2.17. The van der Waals surface area contributed by atoms with Crippen LogP contribution in [0.5, 0.6) is 0 Å². The van der Waals surface area contributed by atoms with Crippen molar-refractivity contribution in [3.63, 3.8) is 0 Å². The van der Waals surface area contributed by atoms with Crippen LogP contribution < -0.4 is 0 Å². The molecular formula is C10H19IO4. The Kier molecular flexibility index (Phi) is 7.90. The zero-order valence-corrected chi connectivity index (χ0v) is 11.3. The van der Waals surface area contributed by atoms with Gasteiger partial charge in [-0.25, -0.2) is 0 Å². The maximum Gasteiger partial charge on any atom is 0.0948 e. The molecule has 1 aliphatic rings. The van der Waals surface area contributed by atoms with E-state index >= 15 is 0 Å². The Bertz CT molecular complexity index is 156. The van der Waals surface area contributed by atoms with Gasteiger partial charge in [0, 0.05) is 20.3 Å². The summed E-state index contributed by atoms with van der Waals surface area (Å²) >= 11 is 2.38. The fraction of sp³-hybridized carbons (Fsp3) is 1.00. The molecule has 1 fully saturated rings. The van der Waals surface area contributed by atoms with E-state index in [0.29, 0.717) is 17.1 Å². The fourth-order valence-corrected chi connectivity index (χ4v) is 1.97. The summed E-state index contributed by atoms with van der Waals surface area (Å²) < 4.78 is 21.7. The van der Waals surface area contributed by atoms with E-state index < -0.39 is 0 Å². The maximum absolute atomic E-state index is 5.68. The number of methoxy groups -OCH3 is 1. The van der Waals surface area contributed by atoms with Crippen LogP contribution in [-0.4, -0.2) is 56.8 Å². The zero-order chi connectivity index (χ0) is 10.9. The molecule has 0 amide bonds. The first-order valence-electron chi connectivity index (χ1n) is 5.24. The van der Waals surface area contributed by atoms with Crippen LogP contribution in [-0.2, 0) is 18.9 Å². The Morgan fingerprint density at radius 1 is 1.20 bits per heavy atom. The first-order chi connectivity index (χ1) is 7.34. The van der Waals surface area contributed by atoms with E-state index in [1.54, 1.807) is 7.11 Å². The van der Waals surface area contributed by atoms with Crippen molar-refractivity contribution in [2.45, 2.75) is 16.4 Å². The van der Waals surface area contributed by atoms with Crippen molar-refractivity contribution >= 4 is 22.6 Å². The van der Waals surface area contributed by atoms with Gasteiger partial charge in [-0.3, -0.25) is 0 Å². The molecule has 2 unspecified atom stereocenters. The van der Waals surface area contributed by atoms with Crippen molar-refractivity contribution in [1.29, 1.82) is 0 Å². The lowest BCUT2D eigenvalue weighted by Crippen LogP contribution is -2.23. The molecule has 5 heteroatoms. The molecular weight excluding hydrogens is 311 g/mol. The highest BCUT2D eigenvalue weighted by atomic mass is 127. The van der Waals surface area contributed by atoms with Gasteiger partial charge in [-0.1, -0.05) is 22.6 Å². The molecule has 0 spiro atoms. The van der Waals surface area contributed by atoms with Crippen molar-refractivity contribution in [3.8, 4) is 0 Å². The molecule has 2 atom stereocenters. The standard InChI is InChI=1S/C10H19IO4/c1-12-5-6-13-3-2-4-15-10-8-14-7-9(10)11/h9-10H,2-8H2,1H3. The molecule has 0 aromatic carbocycles. The van der Waals surface area contributed by atoms with Gasteiger partial charge in [0.05, 0.1) is 36.5 Å². The number of alkyl halides is 1. The fourth-order valence-electron chi connectivity index (χ4n) is 1.30. The SMILES string of the molecule is COCCOCCCOC1COCC1I. The molecule has 90 valence electrons. The third kappa shape index (κ3) is 6.01. The smallest absolute Gasteiger partial charge is 0.0948 e. The van der Waals surface area contributed by atoms with Gasteiger partial charge in [0.2, 0.25) is 0 Å². The van der Waals surface area contributed by atoms with Crippen molar-refractivity contribution in [2.24, 2.45) is 0 Å². The molecule has 0 aliphatic carbocycles. The molecule has 4 nitrogen and oxygen atoms in total. The van der Waals surface area contributed by atoms with Crippen LogP contribution in [0.3, 0.4) is 0 Å². The van der Waals surface area contributed by atoms with E-state index in [0.717, 1.165) is 32.8 Å². The normalized spacial score (nSPS) is 26.0. The second-order valence-electron chi connectivity index (χ2n) is 3.42. The molecule has 0 aromatic rings. The first-order valence-corrected chi connectivity index (χ1v) is 6.49. The van der Waals surface area contributed by atoms with Crippen LogP contribution in [0.25, 0.3) is 0 Å². The third-order valence-electron chi connectivity index (χ3n) is 2.16. The van der Waals surface area contributed by atoms with Crippen LogP contribution in [0.4, 0.5) is 0 Å². The van der Waals surface area contributed by atoms with Gasteiger partial charge in [0.1, 0.15) is 0 Å². The minimum absolute atomic E-state index is 0.268. The summed E-state index contributed by atoms with van der Waals surface area (Å²) in [7, 11) is 1.67. The summed E-state index contributed by atoms with van der Waals surface area (Å²) in [4.78, 5) is 0. The van der Waals surface area contributed by atoms with Crippen LogP contribution in [0, 0.1) is 0 Å². The van der Waals surface area contributed by atoms with Gasteiger partial charge in [-0.2, -0.15) is 0 Å². The van der Waals surface area contributed by atoms with Crippen LogP contribution >= 0.6 is 22.6 Å². The van der Waals surface area contributed by atoms with Crippen molar-refractivity contribution < 1.29 is 18.9 Å². The van der Waals surface area contributed by atoms with Crippen molar-refractivity contribution in [1.82, 2.24) is 0 Å². The molecule has 1 saturated heterocycles. The molecule has 15 heavy (non-hydrogen) atoms. The molecule has 0 bridgehead atoms. The lowest BCUT2D eigenvalue weighted by molar-refractivity contribution is 0.0210. The number of ether oxygens (including phenoxy) is 4. The highest BCUT2D eigenvalue weighted by molar-refractivity contribution is 14.1. The Balaban J connectivity index is 1.84. The van der Waals surface area contributed by atoms with E-state index in [9.17, 15) is 0 Å². The zero-order valence-electron chi connectivity index (χ0n) is 9.12. The molecule has 1 heterocycles. The monoisotopic (exact) mass is 330 g/mol. The molecule has 1 aliphatic heterocycles. The van der Waals surface area contributed by atoms with Gasteiger partial charge in [-0.15, -0.1) is 0 Å². The van der Waals surface area contributed by atoms with E-state index in [1.807, 2.05) is 0 Å². The lowest BCUT2D eigenvalue weighted by atomic mass is 10.3. The van der Waals surface area contributed by atoms with Crippen LogP contribution in [0.2, 0.25) is 0 Å². The van der Waals surface area contributed by atoms with Gasteiger partial charge in [0.25, 0.3) is 0 Å². The Morgan fingerprint density at radius 2 is 2.07 bits per heavy atom. The van der Waals surface area contributed by atoms with E-state index in [1.165, 1.54) is 0 Å². The average Bonchev–Trinajstić information content (AvgIpc) is 2.63. The van der Waals surface area contributed by atoms with E-state index in [2.05, 4.69) is 22.6 Å². The van der Waals surface area contributed by atoms with Gasteiger partial charge in [-0.05, 0) is 6.42 Å². The topological polar surface area (TPSA) is 36.9 Å². The minimum Gasteiger partial charge on any atom is -0.382 e. The van der Waals surface area contributed by atoms with Crippen LogP contribution in [0.15, 0.2) is 0 Å². The molecule has 0 radical (unpaired) electrons. The lowest BCUT2D eigenvalue weighted by Gasteiger charge is -2.13. The second-order valence-corrected chi connectivity index (χ2v) is 5.02. The molecule has 0 saturated carbocycles. The Labute approximate surface area is 105 Å². The summed E-state index contributed by atoms with van der Waals surface area (Å²) in [6.45, 7) is 4.36. The second kappa shape index (κ2) is 8.69. The summed E-state index contributed by atoms with van der Waals surface area (Å²) in [5.74, 6) is 0. The quantitative estimate of drug-likeness (QED) is 0.381. The summed E-state index contributed by atoms with van der Waals surface area (Å²) in [5, 5.41) is 0. The predicted molar refractivity (Wildman–Crippen MR) is 65.7 cm³/mol. The van der Waals surface area contributed by atoms with Crippen LogP contribution in [0.1, 0.15) is 6.42 Å². The number of hydrogen-bond acceptors (Lipinski definition) is 4. The summed E-state index contributed by atoms with van der Waals surface area (Å²) in [5.41, 5.74) is 0. The predicted octanol–water partition coefficient (Wildman–Crippen LogP) is 1.26. The Morgan fingerprint density at radius 3 is 2.73 bits per heavy atom. The molecule has 0 N–H and O–H groups in total. The Hall–Kier alpha value is 0.570. The summed E-state index contributed by atoms with van der Waals surface area (Å²) in [6, 6.07) is 0. The maximum atomic E-state index is 5.68. The number of hydrogen-bond donors (Lipinski definition) is 0. The van der Waals surface area contributed by atoms with Crippen molar-refractivity contribution in [2.75, 3.05) is 46.8 Å². The average molecular weight is 330 g/mol. The highest BCUT2D eigenvalue weighted by Gasteiger charge is 2.25. The summed E-state index contributed by atoms with van der Waals surface area (Å²) in [6.07, 6.45) is 1.20. The molecule has 1 rings (SSSR count). The minimum atomic E-state index is 0.268. The first kappa shape index (κ1) is 13.6. The largest absolute Gasteiger partial charge is 0.382 e. The third-order valence-corrected chi connectivity index (χ3v) is 3.32. The number of halogens is 1. The number of rotatable bonds is 8. The van der Waals surface area contributed by atoms with E-state index in [4.69, 9.17) is 18.9 Å². The van der Waals surface area contributed by atoms with E-state index in [-0.39, 0.29) is 6.10 Å².